The van der Waals surface area contributed by atoms with Crippen molar-refractivity contribution in [2.45, 2.75) is 13.8 Å². The van der Waals surface area contributed by atoms with Crippen LogP contribution in [-0.2, 0) is 0 Å². The van der Waals surface area contributed by atoms with E-state index in [0.29, 0.717) is 0 Å². The summed E-state index contributed by atoms with van der Waals surface area (Å²) in [6.45, 7) is 5.02. The van der Waals surface area contributed by atoms with Gasteiger partial charge in [-0.05, 0) is 64.3 Å². The molecule has 1 aromatic carbocycles. The van der Waals surface area contributed by atoms with Crippen LogP contribution in [-0.4, -0.2) is 49.3 Å². The van der Waals surface area contributed by atoms with Crippen molar-refractivity contribution in [2.24, 2.45) is 0 Å². The molecule has 5 heteroatoms. The van der Waals surface area contributed by atoms with Gasteiger partial charge in [0.2, 0.25) is 0 Å². The molecule has 0 atom stereocenters. The minimum Gasteiger partial charge on any atom is -0.496 e. The lowest BCUT2D eigenvalue weighted by Gasteiger charge is -2.15. The van der Waals surface area contributed by atoms with E-state index in [1.54, 1.807) is 14.2 Å². The van der Waals surface area contributed by atoms with Crippen LogP contribution in [0.4, 0.5) is 0 Å². The van der Waals surface area contributed by atoms with Gasteiger partial charge in [-0.2, -0.15) is 0 Å². The van der Waals surface area contributed by atoms with Crippen molar-refractivity contribution in [3.05, 3.63) is 65.5 Å². The number of hydrogen-bond donors (Lipinski definition) is 0. The number of methoxy groups -OCH3 is 2. The second kappa shape index (κ2) is 8.97. The molecule has 0 radical (unpaired) electrons. The maximum absolute atomic E-state index is 5.70. The fraction of sp³-hybridized carbons (Fsp3) is 0.292. The Morgan fingerprint density at radius 1 is 0.966 bits per heavy atom. The number of likely N-dealkylation sites (N-methyl/N-ethyl adjacent to an activating group) is 1. The van der Waals surface area contributed by atoms with Gasteiger partial charge in [0.15, 0.2) is 0 Å². The molecule has 2 aromatic heterocycles. The summed E-state index contributed by atoms with van der Waals surface area (Å²) in [6, 6.07) is 14.2. The summed E-state index contributed by atoms with van der Waals surface area (Å²) in [5.74, 6) is 2.44. The Balaban J connectivity index is 2.07. The molecule has 3 aromatic rings. The van der Waals surface area contributed by atoms with Gasteiger partial charge >= 0.3 is 0 Å². The highest BCUT2D eigenvalue weighted by Gasteiger charge is 2.14. The molecule has 0 N–H and O–H groups in total. The van der Waals surface area contributed by atoms with Gasteiger partial charge in [-0.3, -0.25) is 0 Å². The van der Waals surface area contributed by atoms with E-state index in [1.807, 2.05) is 44.4 Å². The Hall–Kier alpha value is -3.05. The van der Waals surface area contributed by atoms with Crippen molar-refractivity contribution in [3.8, 4) is 28.6 Å². The number of rotatable bonds is 7. The molecular formula is C24H29N3O2. The van der Waals surface area contributed by atoms with E-state index in [1.165, 1.54) is 0 Å². The van der Waals surface area contributed by atoms with E-state index in [-0.39, 0.29) is 0 Å². The summed E-state index contributed by atoms with van der Waals surface area (Å²) >= 11 is 0. The van der Waals surface area contributed by atoms with Gasteiger partial charge in [0.1, 0.15) is 17.3 Å². The van der Waals surface area contributed by atoms with Gasteiger partial charge < -0.3 is 18.9 Å². The number of benzene rings is 1. The average Bonchev–Trinajstić information content (AvgIpc) is 3.05. The van der Waals surface area contributed by atoms with Crippen LogP contribution in [0.25, 0.3) is 23.2 Å². The van der Waals surface area contributed by atoms with Gasteiger partial charge in [-0.1, -0.05) is 18.2 Å². The molecule has 5 nitrogen and oxygen atoms in total. The molecule has 0 fully saturated rings. The van der Waals surface area contributed by atoms with Crippen molar-refractivity contribution in [1.82, 2.24) is 14.5 Å². The van der Waals surface area contributed by atoms with Crippen LogP contribution in [0.2, 0.25) is 0 Å². The fourth-order valence-corrected chi connectivity index (χ4v) is 3.37. The second-order valence-corrected chi connectivity index (χ2v) is 7.29. The maximum atomic E-state index is 5.70. The van der Waals surface area contributed by atoms with Gasteiger partial charge in [0, 0.05) is 29.1 Å². The van der Waals surface area contributed by atoms with Crippen LogP contribution in [0.3, 0.4) is 0 Å². The van der Waals surface area contributed by atoms with Crippen molar-refractivity contribution in [2.75, 3.05) is 34.9 Å². The quantitative estimate of drug-likeness (QED) is 0.583. The van der Waals surface area contributed by atoms with Crippen LogP contribution in [0, 0.1) is 13.8 Å². The van der Waals surface area contributed by atoms with E-state index < -0.39 is 0 Å². The minimum absolute atomic E-state index is 0.765. The van der Waals surface area contributed by atoms with Crippen molar-refractivity contribution in [1.29, 1.82) is 0 Å². The molecule has 0 amide bonds. The summed E-state index contributed by atoms with van der Waals surface area (Å²) in [5.41, 5.74) is 5.02. The zero-order chi connectivity index (χ0) is 21.0. The topological polar surface area (TPSA) is 39.5 Å². The first-order valence-corrected chi connectivity index (χ1v) is 9.64. The largest absolute Gasteiger partial charge is 0.496 e. The molecule has 0 aliphatic carbocycles. The third-order valence-electron chi connectivity index (χ3n) is 4.83. The molecule has 0 saturated heterocycles. The van der Waals surface area contributed by atoms with Crippen LogP contribution in [0.15, 0.2) is 48.5 Å². The first kappa shape index (κ1) is 20.7. The number of aromatic nitrogens is 2. The number of aryl methyl sites for hydroxylation is 2. The Bertz CT molecular complexity index is 999. The molecule has 29 heavy (non-hydrogen) atoms. The Labute approximate surface area is 173 Å². The normalized spacial score (nSPS) is 11.4. The van der Waals surface area contributed by atoms with E-state index in [4.69, 9.17) is 14.5 Å². The molecule has 0 saturated carbocycles. The second-order valence-electron chi connectivity index (χ2n) is 7.29. The number of hydrogen-bond acceptors (Lipinski definition) is 4. The monoisotopic (exact) mass is 391 g/mol. The number of nitrogens with zero attached hydrogens (tertiary/aromatic N) is 3. The van der Waals surface area contributed by atoms with Crippen molar-refractivity contribution >= 4 is 6.08 Å². The molecule has 152 valence electrons. The highest BCUT2D eigenvalue weighted by molar-refractivity contribution is 5.74. The van der Waals surface area contributed by atoms with Crippen molar-refractivity contribution < 1.29 is 9.47 Å². The van der Waals surface area contributed by atoms with Gasteiger partial charge in [0.05, 0.1) is 19.9 Å². The Morgan fingerprint density at radius 2 is 1.66 bits per heavy atom. The lowest BCUT2D eigenvalue weighted by atomic mass is 10.0. The van der Waals surface area contributed by atoms with Gasteiger partial charge in [-0.15, -0.1) is 0 Å². The highest BCUT2D eigenvalue weighted by Crippen LogP contribution is 2.36. The van der Waals surface area contributed by atoms with E-state index in [2.05, 4.69) is 47.6 Å². The van der Waals surface area contributed by atoms with Crippen LogP contribution in [0.1, 0.15) is 17.0 Å². The average molecular weight is 392 g/mol. The maximum Gasteiger partial charge on any atom is 0.137 e. The zero-order valence-electron chi connectivity index (χ0n) is 18.1. The summed E-state index contributed by atoms with van der Waals surface area (Å²) in [7, 11) is 7.45. The summed E-state index contributed by atoms with van der Waals surface area (Å²) < 4.78 is 13.5. The van der Waals surface area contributed by atoms with Crippen LogP contribution < -0.4 is 9.47 Å². The third kappa shape index (κ3) is 4.51. The Morgan fingerprint density at radius 3 is 2.28 bits per heavy atom. The molecule has 3 rings (SSSR count). The smallest absolute Gasteiger partial charge is 0.137 e. The minimum atomic E-state index is 0.765. The van der Waals surface area contributed by atoms with Crippen LogP contribution >= 0.6 is 0 Å². The predicted octanol–water partition coefficient (Wildman–Crippen LogP) is 4.75. The molecule has 0 aliphatic rings. The van der Waals surface area contributed by atoms with Crippen LogP contribution in [0.5, 0.6) is 11.5 Å². The number of pyridine rings is 1. The van der Waals surface area contributed by atoms with E-state index in [0.717, 1.165) is 52.1 Å². The van der Waals surface area contributed by atoms with Gasteiger partial charge in [0.25, 0.3) is 0 Å². The number of ether oxygens (including phenoxy) is 2. The van der Waals surface area contributed by atoms with Gasteiger partial charge in [-0.25, -0.2) is 4.98 Å². The zero-order valence-corrected chi connectivity index (χ0v) is 18.1. The summed E-state index contributed by atoms with van der Waals surface area (Å²) in [4.78, 5) is 7.02. The summed E-state index contributed by atoms with van der Waals surface area (Å²) in [5, 5.41) is 0. The first-order valence-electron chi connectivity index (χ1n) is 9.64. The fourth-order valence-electron chi connectivity index (χ4n) is 3.37. The van der Waals surface area contributed by atoms with Crippen molar-refractivity contribution in [3.63, 3.8) is 0 Å². The Kier molecular flexibility index (Phi) is 6.39. The molecule has 0 aliphatic heterocycles. The third-order valence-corrected chi connectivity index (χ3v) is 4.83. The molecular weight excluding hydrogens is 362 g/mol. The highest BCUT2D eigenvalue weighted by atomic mass is 16.5. The molecule has 0 spiro atoms. The SMILES string of the molecule is COc1cc(-c2cccc(-n3c(C)ccc3C)n2)c(OC)cc1/C=C/CN(C)C. The molecule has 0 bridgehead atoms. The molecule has 0 unspecified atom stereocenters. The van der Waals surface area contributed by atoms with E-state index >= 15 is 0 Å². The van der Waals surface area contributed by atoms with E-state index in [9.17, 15) is 0 Å². The predicted molar refractivity (Wildman–Crippen MR) is 119 cm³/mol. The summed E-state index contributed by atoms with van der Waals surface area (Å²) in [6.07, 6.45) is 4.16. The molecule has 2 heterocycles. The first-order chi connectivity index (χ1) is 13.9. The lowest BCUT2D eigenvalue weighted by Crippen LogP contribution is -2.10. The standard InChI is InChI=1S/C24H29N3O2/c1-17-12-13-18(2)27(17)24-11-7-10-21(25-24)20-16-22(28-5)19(15-23(20)29-6)9-8-14-26(3)4/h7-13,15-16H,14H2,1-6H3/b9-8+. The lowest BCUT2D eigenvalue weighted by molar-refractivity contribution is 0.403.